The van der Waals surface area contributed by atoms with Gasteiger partial charge < -0.3 is 20.6 Å². The number of hydrogen-bond donors (Lipinski definition) is 3. The molecule has 1 heterocycles. The van der Waals surface area contributed by atoms with Crippen LogP contribution in [-0.4, -0.2) is 54.1 Å². The number of likely N-dealkylation sites (tertiary alicyclic amines) is 1. The summed E-state index contributed by atoms with van der Waals surface area (Å²) in [5.74, 6) is 1.23. The summed E-state index contributed by atoms with van der Waals surface area (Å²) >= 11 is 5.91. The standard InChI is InChI=1S/C22H33ClN4O2.HI/c1-2-24-22(25-14-20(28)16-8-10-18(23)11-9-16)26-19-12-13-27(15-19)21(29)17-6-4-3-5-7-17;/h8-11,17,19-20,28H,2-7,12-15H2,1H3,(H2,24,25,26);1H. The maximum absolute atomic E-state index is 12.8. The van der Waals surface area contributed by atoms with Crippen molar-refractivity contribution in [1.29, 1.82) is 0 Å². The quantitative estimate of drug-likeness (QED) is 0.288. The van der Waals surface area contributed by atoms with Gasteiger partial charge in [0.05, 0.1) is 12.6 Å². The van der Waals surface area contributed by atoms with Crippen LogP contribution in [0, 0.1) is 5.92 Å². The van der Waals surface area contributed by atoms with Gasteiger partial charge in [-0.25, -0.2) is 0 Å². The van der Waals surface area contributed by atoms with Crippen molar-refractivity contribution in [2.24, 2.45) is 10.9 Å². The first-order chi connectivity index (χ1) is 14.1. The van der Waals surface area contributed by atoms with Gasteiger partial charge in [0.1, 0.15) is 0 Å². The summed E-state index contributed by atoms with van der Waals surface area (Å²) in [6.07, 6.45) is 5.94. The molecule has 6 nitrogen and oxygen atoms in total. The highest BCUT2D eigenvalue weighted by molar-refractivity contribution is 14.0. The van der Waals surface area contributed by atoms with Gasteiger partial charge in [0.2, 0.25) is 5.91 Å². The van der Waals surface area contributed by atoms with Gasteiger partial charge in [-0.3, -0.25) is 9.79 Å². The van der Waals surface area contributed by atoms with Crippen molar-refractivity contribution in [3.05, 3.63) is 34.9 Å². The molecule has 0 aromatic heterocycles. The maximum atomic E-state index is 12.8. The Bertz CT molecular complexity index is 695. The van der Waals surface area contributed by atoms with Gasteiger partial charge in [0.25, 0.3) is 0 Å². The van der Waals surface area contributed by atoms with E-state index in [1.807, 2.05) is 24.0 Å². The van der Waals surface area contributed by atoms with Gasteiger partial charge >= 0.3 is 0 Å². The molecule has 2 atom stereocenters. The topological polar surface area (TPSA) is 77.0 Å². The van der Waals surface area contributed by atoms with Crippen LogP contribution in [0.15, 0.2) is 29.3 Å². The molecule has 1 aromatic rings. The molecule has 1 aliphatic heterocycles. The van der Waals surface area contributed by atoms with E-state index in [1.165, 1.54) is 19.3 Å². The molecule has 168 valence electrons. The highest BCUT2D eigenvalue weighted by Crippen LogP contribution is 2.26. The minimum Gasteiger partial charge on any atom is -0.386 e. The average Bonchev–Trinajstić information content (AvgIpc) is 3.21. The Kier molecular flexibility index (Phi) is 10.7. The van der Waals surface area contributed by atoms with Crippen molar-refractivity contribution in [3.8, 4) is 0 Å². The number of hydrogen-bond acceptors (Lipinski definition) is 3. The van der Waals surface area contributed by atoms with Gasteiger partial charge in [0, 0.05) is 36.6 Å². The molecule has 30 heavy (non-hydrogen) atoms. The van der Waals surface area contributed by atoms with E-state index in [1.54, 1.807) is 12.1 Å². The summed E-state index contributed by atoms with van der Waals surface area (Å²) in [7, 11) is 0. The number of aliphatic hydroxyl groups is 1. The molecule has 3 rings (SSSR count). The number of rotatable bonds is 6. The smallest absolute Gasteiger partial charge is 0.225 e. The van der Waals surface area contributed by atoms with Crippen LogP contribution in [0.4, 0.5) is 0 Å². The van der Waals surface area contributed by atoms with E-state index in [9.17, 15) is 9.90 Å². The number of carbonyl (C=O) groups excluding carboxylic acids is 1. The van der Waals surface area contributed by atoms with Gasteiger partial charge in [-0.2, -0.15) is 0 Å². The van der Waals surface area contributed by atoms with Crippen LogP contribution in [0.3, 0.4) is 0 Å². The van der Waals surface area contributed by atoms with E-state index in [2.05, 4.69) is 15.6 Å². The predicted octanol–water partition coefficient (Wildman–Crippen LogP) is 3.73. The number of aliphatic imine (C=N–C) groups is 1. The Morgan fingerprint density at radius 3 is 2.60 bits per heavy atom. The molecule has 3 N–H and O–H groups in total. The Balaban J connectivity index is 0.00000320. The first-order valence-electron chi connectivity index (χ1n) is 10.8. The number of benzene rings is 1. The minimum absolute atomic E-state index is 0. The number of nitrogens with one attached hydrogen (secondary N) is 2. The van der Waals surface area contributed by atoms with Crippen LogP contribution < -0.4 is 10.6 Å². The van der Waals surface area contributed by atoms with Crippen LogP contribution in [-0.2, 0) is 4.79 Å². The number of guanidine groups is 1. The van der Waals surface area contributed by atoms with Crippen molar-refractivity contribution in [3.63, 3.8) is 0 Å². The summed E-state index contributed by atoms with van der Waals surface area (Å²) < 4.78 is 0. The van der Waals surface area contributed by atoms with Crippen molar-refractivity contribution in [1.82, 2.24) is 15.5 Å². The molecular formula is C22H34ClIN4O2. The van der Waals surface area contributed by atoms with Gasteiger partial charge in [-0.05, 0) is 43.9 Å². The van der Waals surface area contributed by atoms with E-state index in [4.69, 9.17) is 11.6 Å². The second-order valence-corrected chi connectivity index (χ2v) is 8.47. The molecular weight excluding hydrogens is 515 g/mol. The number of halogens is 2. The Morgan fingerprint density at radius 2 is 1.93 bits per heavy atom. The lowest BCUT2D eigenvalue weighted by Gasteiger charge is -2.26. The third-order valence-corrected chi connectivity index (χ3v) is 6.07. The molecule has 1 saturated carbocycles. The fraction of sp³-hybridized carbons (Fsp3) is 0.636. The summed E-state index contributed by atoms with van der Waals surface area (Å²) in [4.78, 5) is 19.3. The first kappa shape index (κ1) is 25.2. The number of aliphatic hydroxyl groups excluding tert-OH is 1. The van der Waals surface area contributed by atoms with E-state index in [-0.39, 0.29) is 42.5 Å². The molecule has 8 heteroatoms. The van der Waals surface area contributed by atoms with Crippen molar-refractivity contribution < 1.29 is 9.90 Å². The molecule has 0 spiro atoms. The van der Waals surface area contributed by atoms with Crippen molar-refractivity contribution in [2.45, 2.75) is 57.6 Å². The van der Waals surface area contributed by atoms with Crippen LogP contribution in [0.1, 0.15) is 57.1 Å². The van der Waals surface area contributed by atoms with Gasteiger partial charge in [-0.1, -0.05) is 43.0 Å². The molecule has 1 amide bonds. The molecule has 0 radical (unpaired) electrons. The number of amides is 1. The van der Waals surface area contributed by atoms with E-state index >= 15 is 0 Å². The van der Waals surface area contributed by atoms with Crippen molar-refractivity contribution >= 4 is 47.4 Å². The van der Waals surface area contributed by atoms with E-state index < -0.39 is 6.10 Å². The zero-order chi connectivity index (χ0) is 20.6. The summed E-state index contributed by atoms with van der Waals surface area (Å²) in [5, 5.41) is 17.7. The molecule has 0 bridgehead atoms. The van der Waals surface area contributed by atoms with Crippen LogP contribution in [0.5, 0.6) is 0 Å². The summed E-state index contributed by atoms with van der Waals surface area (Å²) in [6.45, 7) is 4.54. The lowest BCUT2D eigenvalue weighted by Crippen LogP contribution is -2.45. The second-order valence-electron chi connectivity index (χ2n) is 8.04. The molecule has 2 aliphatic rings. The molecule has 1 saturated heterocycles. The third-order valence-electron chi connectivity index (χ3n) is 5.82. The van der Waals surface area contributed by atoms with Crippen molar-refractivity contribution in [2.75, 3.05) is 26.2 Å². The lowest BCUT2D eigenvalue weighted by atomic mass is 9.88. The van der Waals surface area contributed by atoms with E-state index in [0.717, 1.165) is 44.5 Å². The predicted molar refractivity (Wildman–Crippen MR) is 133 cm³/mol. The van der Waals surface area contributed by atoms with Crippen LogP contribution in [0.2, 0.25) is 5.02 Å². The molecule has 2 fully saturated rings. The third kappa shape index (κ3) is 7.27. The monoisotopic (exact) mass is 548 g/mol. The summed E-state index contributed by atoms with van der Waals surface area (Å²) in [6, 6.07) is 7.35. The number of carbonyl (C=O) groups is 1. The zero-order valence-electron chi connectivity index (χ0n) is 17.6. The highest BCUT2D eigenvalue weighted by atomic mass is 127. The Hall–Kier alpha value is -1.06. The normalized spacial score (nSPS) is 21.1. The SMILES string of the molecule is CCNC(=NCC(O)c1ccc(Cl)cc1)NC1CCN(C(=O)C2CCCCC2)C1.I. The average molecular weight is 549 g/mol. The number of nitrogens with zero attached hydrogens (tertiary/aromatic N) is 2. The molecule has 1 aliphatic carbocycles. The highest BCUT2D eigenvalue weighted by Gasteiger charge is 2.31. The molecule has 1 aromatic carbocycles. The fourth-order valence-corrected chi connectivity index (χ4v) is 4.29. The molecule has 2 unspecified atom stereocenters. The Labute approximate surface area is 201 Å². The van der Waals surface area contributed by atoms with Gasteiger partial charge in [0.15, 0.2) is 5.96 Å². The maximum Gasteiger partial charge on any atom is 0.225 e. The minimum atomic E-state index is -0.685. The Morgan fingerprint density at radius 1 is 1.23 bits per heavy atom. The largest absolute Gasteiger partial charge is 0.386 e. The van der Waals surface area contributed by atoms with Crippen LogP contribution in [0.25, 0.3) is 0 Å². The first-order valence-corrected chi connectivity index (χ1v) is 11.2. The van der Waals surface area contributed by atoms with Gasteiger partial charge in [-0.15, -0.1) is 24.0 Å². The van der Waals surface area contributed by atoms with E-state index in [0.29, 0.717) is 16.9 Å². The second kappa shape index (κ2) is 12.7. The fourth-order valence-electron chi connectivity index (χ4n) is 4.17. The van der Waals surface area contributed by atoms with Crippen LogP contribution >= 0.6 is 35.6 Å². The zero-order valence-corrected chi connectivity index (χ0v) is 20.7. The lowest BCUT2D eigenvalue weighted by molar-refractivity contribution is -0.135. The summed E-state index contributed by atoms with van der Waals surface area (Å²) in [5.41, 5.74) is 0.791.